The fourth-order valence-corrected chi connectivity index (χ4v) is 4.77. The number of aryl methyl sites for hydroxylation is 2. The van der Waals surface area contributed by atoms with Gasteiger partial charge in [-0.15, -0.1) is 0 Å². The van der Waals surface area contributed by atoms with E-state index in [2.05, 4.69) is 52.4 Å². The van der Waals surface area contributed by atoms with Crippen molar-refractivity contribution in [2.45, 2.75) is 26.0 Å². The molecule has 8 heteroatoms. The molecule has 0 bridgehead atoms. The van der Waals surface area contributed by atoms with Gasteiger partial charge in [-0.2, -0.15) is 11.8 Å². The van der Waals surface area contributed by atoms with Crippen molar-refractivity contribution in [2.75, 3.05) is 29.4 Å². The zero-order valence-electron chi connectivity index (χ0n) is 16.9. The van der Waals surface area contributed by atoms with Gasteiger partial charge in [-0.25, -0.2) is 8.42 Å². The molecule has 0 aliphatic rings. The van der Waals surface area contributed by atoms with E-state index in [0.717, 1.165) is 38.5 Å². The number of hydrogen-bond donors (Lipinski definition) is 1. The van der Waals surface area contributed by atoms with Crippen molar-refractivity contribution in [1.82, 2.24) is 5.32 Å². The highest BCUT2D eigenvalue weighted by Gasteiger charge is 2.21. The minimum absolute atomic E-state index is 0.226. The predicted molar refractivity (Wildman–Crippen MR) is 126 cm³/mol. The molecule has 158 valence electrons. The van der Waals surface area contributed by atoms with Crippen molar-refractivity contribution < 1.29 is 13.2 Å². The van der Waals surface area contributed by atoms with Gasteiger partial charge in [0.25, 0.3) is 0 Å². The van der Waals surface area contributed by atoms with Crippen molar-refractivity contribution in [3.63, 3.8) is 0 Å². The Balaban J connectivity index is 1.79. The summed E-state index contributed by atoms with van der Waals surface area (Å²) in [7, 11) is -3.56. The monoisotopic (exact) mass is 498 g/mol. The average molecular weight is 499 g/mol. The Kier molecular flexibility index (Phi) is 9.04. The second-order valence-electron chi connectivity index (χ2n) is 6.95. The first-order chi connectivity index (χ1) is 13.7. The van der Waals surface area contributed by atoms with Crippen molar-refractivity contribution in [3.05, 3.63) is 63.6 Å². The van der Waals surface area contributed by atoms with E-state index in [-0.39, 0.29) is 12.5 Å². The fourth-order valence-electron chi connectivity index (χ4n) is 2.76. The molecule has 0 fully saturated rings. The Morgan fingerprint density at radius 2 is 1.93 bits per heavy atom. The predicted octanol–water partition coefficient (Wildman–Crippen LogP) is 4.27. The van der Waals surface area contributed by atoms with Crippen molar-refractivity contribution in [1.29, 1.82) is 0 Å². The lowest BCUT2D eigenvalue weighted by Crippen LogP contribution is -2.40. The first-order valence-corrected chi connectivity index (χ1v) is 13.1. The minimum atomic E-state index is -3.56. The molecule has 0 radical (unpaired) electrons. The largest absolute Gasteiger partial charge is 0.354 e. The van der Waals surface area contributed by atoms with Gasteiger partial charge >= 0.3 is 0 Å². The second-order valence-corrected chi connectivity index (χ2v) is 10.8. The minimum Gasteiger partial charge on any atom is -0.354 e. The summed E-state index contributed by atoms with van der Waals surface area (Å²) < 4.78 is 26.4. The van der Waals surface area contributed by atoms with Crippen LogP contribution in [0.15, 0.2) is 46.9 Å². The number of carbonyl (C=O) groups is 1. The SMILES string of the molecule is Cc1cccc(CSCCCNC(=O)CN(c2ccc(Br)c(C)c2)S(C)(=O)=O)c1. The van der Waals surface area contributed by atoms with Crippen LogP contribution in [0.1, 0.15) is 23.1 Å². The number of anilines is 1. The zero-order chi connectivity index (χ0) is 21.4. The van der Waals surface area contributed by atoms with Crippen LogP contribution in [0.25, 0.3) is 0 Å². The van der Waals surface area contributed by atoms with Gasteiger partial charge in [0.05, 0.1) is 11.9 Å². The van der Waals surface area contributed by atoms with Crippen molar-refractivity contribution in [3.8, 4) is 0 Å². The molecule has 2 aromatic carbocycles. The summed E-state index contributed by atoms with van der Waals surface area (Å²) in [5.74, 6) is 1.57. The number of benzene rings is 2. The maximum atomic E-state index is 12.3. The van der Waals surface area contributed by atoms with E-state index in [1.54, 1.807) is 18.2 Å². The van der Waals surface area contributed by atoms with E-state index in [4.69, 9.17) is 0 Å². The third kappa shape index (κ3) is 8.03. The van der Waals surface area contributed by atoms with Crippen molar-refractivity contribution >= 4 is 49.3 Å². The smallest absolute Gasteiger partial charge is 0.240 e. The topological polar surface area (TPSA) is 66.5 Å². The zero-order valence-corrected chi connectivity index (χ0v) is 20.2. The average Bonchev–Trinajstić information content (AvgIpc) is 2.64. The molecule has 0 aliphatic carbocycles. The molecule has 2 rings (SSSR count). The summed E-state index contributed by atoms with van der Waals surface area (Å²) in [5, 5.41) is 2.82. The molecule has 0 spiro atoms. The standard InChI is InChI=1S/C21H27BrN2O3S2/c1-16-6-4-7-18(12-16)15-28-11-5-10-23-21(25)14-24(29(3,26)27)19-8-9-20(22)17(2)13-19/h4,6-9,12-13H,5,10-11,14-15H2,1-3H3,(H,23,25). The lowest BCUT2D eigenvalue weighted by molar-refractivity contribution is -0.119. The number of nitrogens with zero attached hydrogens (tertiary/aromatic N) is 1. The normalized spacial score (nSPS) is 11.3. The first kappa shape index (κ1) is 23.8. The maximum absolute atomic E-state index is 12.3. The molecule has 5 nitrogen and oxygen atoms in total. The molecule has 1 amide bonds. The van der Waals surface area contributed by atoms with Gasteiger partial charge in [-0.1, -0.05) is 45.8 Å². The molecule has 0 saturated carbocycles. The molecule has 0 aromatic heterocycles. The number of rotatable bonds is 10. The summed E-state index contributed by atoms with van der Waals surface area (Å²) in [5.41, 5.74) is 3.94. The second kappa shape index (κ2) is 11.0. The van der Waals surface area contributed by atoms with E-state index in [1.807, 2.05) is 18.7 Å². The Bertz CT molecular complexity index is 949. The highest BCUT2D eigenvalue weighted by atomic mass is 79.9. The molecular formula is C21H27BrN2O3S2. The van der Waals surface area contributed by atoms with Gasteiger partial charge in [-0.05, 0) is 55.3 Å². The summed E-state index contributed by atoms with van der Waals surface area (Å²) in [6.07, 6.45) is 1.94. The van der Waals surface area contributed by atoms with Crippen LogP contribution in [-0.4, -0.2) is 39.4 Å². The van der Waals surface area contributed by atoms with Crippen LogP contribution in [0, 0.1) is 13.8 Å². The fraction of sp³-hybridized carbons (Fsp3) is 0.381. The summed E-state index contributed by atoms with van der Waals surface area (Å²) >= 11 is 5.23. The molecule has 0 aliphatic heterocycles. The molecule has 1 N–H and O–H groups in total. The number of carbonyl (C=O) groups excluding carboxylic acids is 1. The van der Waals surface area contributed by atoms with Crippen LogP contribution in [0.4, 0.5) is 5.69 Å². The van der Waals surface area contributed by atoms with Crippen LogP contribution >= 0.6 is 27.7 Å². The molecule has 0 heterocycles. The highest BCUT2D eigenvalue weighted by Crippen LogP contribution is 2.24. The van der Waals surface area contributed by atoms with Crippen LogP contribution in [0.3, 0.4) is 0 Å². The Morgan fingerprint density at radius 1 is 1.17 bits per heavy atom. The first-order valence-electron chi connectivity index (χ1n) is 9.30. The van der Waals surface area contributed by atoms with Gasteiger partial charge < -0.3 is 5.32 Å². The summed E-state index contributed by atoms with van der Waals surface area (Å²) in [6.45, 7) is 4.26. The van der Waals surface area contributed by atoms with Crippen LogP contribution < -0.4 is 9.62 Å². The van der Waals surface area contributed by atoms with Gasteiger partial charge in [0, 0.05) is 16.8 Å². The van der Waals surface area contributed by atoms with Crippen LogP contribution in [-0.2, 0) is 20.6 Å². The summed E-state index contributed by atoms with van der Waals surface area (Å²) in [6, 6.07) is 13.7. The third-order valence-electron chi connectivity index (χ3n) is 4.26. The Hall–Kier alpha value is -1.51. The van der Waals surface area contributed by atoms with Gasteiger partial charge in [0.2, 0.25) is 15.9 Å². The molecule has 2 aromatic rings. The lowest BCUT2D eigenvalue weighted by Gasteiger charge is -2.22. The van der Waals surface area contributed by atoms with E-state index < -0.39 is 10.0 Å². The maximum Gasteiger partial charge on any atom is 0.240 e. The van der Waals surface area contributed by atoms with Crippen molar-refractivity contribution in [2.24, 2.45) is 0 Å². The van der Waals surface area contributed by atoms with E-state index in [0.29, 0.717) is 12.2 Å². The highest BCUT2D eigenvalue weighted by molar-refractivity contribution is 9.10. The number of halogens is 1. The van der Waals surface area contributed by atoms with E-state index >= 15 is 0 Å². The Labute approximate surface area is 186 Å². The van der Waals surface area contributed by atoms with Gasteiger partial charge in [-0.3, -0.25) is 9.10 Å². The van der Waals surface area contributed by atoms with E-state index in [1.165, 1.54) is 11.1 Å². The van der Waals surface area contributed by atoms with E-state index in [9.17, 15) is 13.2 Å². The molecule has 0 atom stereocenters. The van der Waals surface area contributed by atoms with Gasteiger partial charge in [0.1, 0.15) is 6.54 Å². The van der Waals surface area contributed by atoms with Crippen LogP contribution in [0.5, 0.6) is 0 Å². The molecule has 0 saturated heterocycles. The molecule has 0 unspecified atom stereocenters. The number of sulfonamides is 1. The lowest BCUT2D eigenvalue weighted by atomic mass is 10.2. The number of hydrogen-bond acceptors (Lipinski definition) is 4. The number of thioether (sulfide) groups is 1. The molecule has 29 heavy (non-hydrogen) atoms. The number of amides is 1. The molecular weight excluding hydrogens is 472 g/mol. The van der Waals surface area contributed by atoms with Gasteiger partial charge in [0.15, 0.2) is 0 Å². The quantitative estimate of drug-likeness (QED) is 0.496. The number of nitrogens with one attached hydrogen (secondary N) is 1. The summed E-state index contributed by atoms with van der Waals surface area (Å²) in [4.78, 5) is 12.3. The Morgan fingerprint density at radius 3 is 2.59 bits per heavy atom. The third-order valence-corrected chi connectivity index (χ3v) is 7.40. The van der Waals surface area contributed by atoms with Crippen LogP contribution in [0.2, 0.25) is 0 Å².